The molecule has 4 rings (SSSR count). The van der Waals surface area contributed by atoms with Crippen molar-refractivity contribution < 1.29 is 9.47 Å². The first-order chi connectivity index (χ1) is 15.0. The van der Waals surface area contributed by atoms with Gasteiger partial charge in [0.1, 0.15) is 17.4 Å². The van der Waals surface area contributed by atoms with Gasteiger partial charge in [-0.05, 0) is 44.0 Å². The van der Waals surface area contributed by atoms with Crippen LogP contribution < -0.4 is 14.8 Å². The highest BCUT2D eigenvalue weighted by Gasteiger charge is 2.16. The van der Waals surface area contributed by atoms with Gasteiger partial charge in [-0.2, -0.15) is 0 Å². The summed E-state index contributed by atoms with van der Waals surface area (Å²) < 4.78 is 11.0. The highest BCUT2D eigenvalue weighted by molar-refractivity contribution is 5.95. The minimum Gasteiger partial charge on any atom is -0.496 e. The smallest absolute Gasteiger partial charge is 0.213 e. The summed E-state index contributed by atoms with van der Waals surface area (Å²) in [6.07, 6.45) is 1.72. The average molecular weight is 415 g/mol. The van der Waals surface area contributed by atoms with Crippen molar-refractivity contribution in [2.75, 3.05) is 19.5 Å². The van der Waals surface area contributed by atoms with Crippen LogP contribution in [0.2, 0.25) is 0 Å². The SMILES string of the molecule is COc1cc(-c2cc3c(N[C@H](C)c4cccc(C)c4)nc(C)nc3cc2OC)ccn1. The Balaban J connectivity index is 1.83. The van der Waals surface area contributed by atoms with Crippen LogP contribution >= 0.6 is 0 Å². The second-order valence-corrected chi connectivity index (χ2v) is 7.56. The number of benzene rings is 2. The molecule has 6 heteroatoms. The Kier molecular flexibility index (Phi) is 5.71. The Hall–Kier alpha value is -3.67. The first-order valence-corrected chi connectivity index (χ1v) is 10.2. The fraction of sp³-hybridized carbons (Fsp3) is 0.240. The minimum absolute atomic E-state index is 0.0870. The lowest BCUT2D eigenvalue weighted by Crippen LogP contribution is -2.10. The summed E-state index contributed by atoms with van der Waals surface area (Å²) in [6.45, 7) is 6.13. The molecule has 0 unspecified atom stereocenters. The lowest BCUT2D eigenvalue weighted by Gasteiger charge is -2.18. The van der Waals surface area contributed by atoms with Crippen LogP contribution in [0.15, 0.2) is 54.7 Å². The molecule has 0 fully saturated rings. The number of rotatable bonds is 6. The van der Waals surface area contributed by atoms with E-state index in [0.717, 1.165) is 33.6 Å². The monoisotopic (exact) mass is 414 g/mol. The van der Waals surface area contributed by atoms with Crippen molar-refractivity contribution in [2.24, 2.45) is 0 Å². The van der Waals surface area contributed by atoms with E-state index in [-0.39, 0.29) is 6.04 Å². The normalized spacial score (nSPS) is 11.9. The molecular weight excluding hydrogens is 388 g/mol. The third-order valence-corrected chi connectivity index (χ3v) is 5.28. The Bertz CT molecular complexity index is 1240. The lowest BCUT2D eigenvalue weighted by molar-refractivity contribution is 0.398. The molecule has 2 aromatic heterocycles. The summed E-state index contributed by atoms with van der Waals surface area (Å²) in [4.78, 5) is 13.6. The molecule has 158 valence electrons. The summed E-state index contributed by atoms with van der Waals surface area (Å²) in [5.41, 5.74) is 5.14. The van der Waals surface area contributed by atoms with Crippen molar-refractivity contribution in [1.82, 2.24) is 15.0 Å². The second kappa shape index (κ2) is 8.60. The van der Waals surface area contributed by atoms with Gasteiger partial charge in [0.05, 0.1) is 19.7 Å². The average Bonchev–Trinajstić information content (AvgIpc) is 2.78. The molecule has 0 radical (unpaired) electrons. The van der Waals surface area contributed by atoms with Gasteiger partial charge in [0.2, 0.25) is 5.88 Å². The third kappa shape index (κ3) is 4.28. The second-order valence-electron chi connectivity index (χ2n) is 7.56. The third-order valence-electron chi connectivity index (χ3n) is 5.28. The van der Waals surface area contributed by atoms with E-state index >= 15 is 0 Å². The molecule has 0 amide bonds. The highest BCUT2D eigenvalue weighted by Crippen LogP contribution is 2.37. The summed E-state index contributed by atoms with van der Waals surface area (Å²) >= 11 is 0. The van der Waals surface area contributed by atoms with Crippen LogP contribution in [-0.4, -0.2) is 29.2 Å². The zero-order chi connectivity index (χ0) is 22.0. The molecule has 0 aliphatic heterocycles. The number of fused-ring (bicyclic) bond motifs is 1. The van der Waals surface area contributed by atoms with Crippen molar-refractivity contribution in [3.63, 3.8) is 0 Å². The Morgan fingerprint density at radius 3 is 2.52 bits per heavy atom. The standard InChI is InChI=1S/C25H26N4O2/c1-15-7-6-8-18(11-15)16(2)27-25-21-13-20(19-9-10-26-24(12-19)31-5)23(30-4)14-22(21)28-17(3)29-25/h6-14,16H,1-5H3,(H,27,28,29)/t16-/m1/s1. The van der Waals surface area contributed by atoms with E-state index in [1.807, 2.05) is 25.1 Å². The van der Waals surface area contributed by atoms with Gasteiger partial charge in [-0.3, -0.25) is 0 Å². The lowest BCUT2D eigenvalue weighted by atomic mass is 10.0. The Labute approximate surface area is 182 Å². The zero-order valence-corrected chi connectivity index (χ0v) is 18.4. The fourth-order valence-corrected chi connectivity index (χ4v) is 3.69. The van der Waals surface area contributed by atoms with E-state index in [9.17, 15) is 0 Å². The van der Waals surface area contributed by atoms with E-state index in [1.165, 1.54) is 11.1 Å². The number of ether oxygens (including phenoxy) is 2. The number of hydrogen-bond acceptors (Lipinski definition) is 6. The summed E-state index contributed by atoms with van der Waals surface area (Å²) in [5.74, 6) is 2.77. The van der Waals surface area contributed by atoms with Crippen molar-refractivity contribution in [3.8, 4) is 22.8 Å². The predicted molar refractivity (Wildman–Crippen MR) is 124 cm³/mol. The first kappa shape index (κ1) is 20.6. The highest BCUT2D eigenvalue weighted by atomic mass is 16.5. The van der Waals surface area contributed by atoms with Gasteiger partial charge in [0, 0.05) is 35.3 Å². The summed E-state index contributed by atoms with van der Waals surface area (Å²) in [7, 11) is 3.27. The molecule has 4 aromatic rings. The van der Waals surface area contributed by atoms with Crippen LogP contribution in [-0.2, 0) is 0 Å². The number of methoxy groups -OCH3 is 2. The molecular formula is C25H26N4O2. The van der Waals surface area contributed by atoms with E-state index < -0.39 is 0 Å². The van der Waals surface area contributed by atoms with E-state index in [0.29, 0.717) is 11.7 Å². The Morgan fingerprint density at radius 1 is 0.935 bits per heavy atom. The van der Waals surface area contributed by atoms with Crippen LogP contribution in [0.4, 0.5) is 5.82 Å². The molecule has 1 N–H and O–H groups in total. The van der Waals surface area contributed by atoms with Gasteiger partial charge in [-0.1, -0.05) is 29.8 Å². The Morgan fingerprint density at radius 2 is 1.77 bits per heavy atom. The van der Waals surface area contributed by atoms with Gasteiger partial charge >= 0.3 is 0 Å². The molecule has 0 bridgehead atoms. The van der Waals surface area contributed by atoms with Crippen molar-refractivity contribution in [2.45, 2.75) is 26.8 Å². The zero-order valence-electron chi connectivity index (χ0n) is 18.4. The quantitative estimate of drug-likeness (QED) is 0.449. The van der Waals surface area contributed by atoms with E-state index in [1.54, 1.807) is 20.4 Å². The van der Waals surface area contributed by atoms with Crippen LogP contribution in [0.1, 0.15) is 29.9 Å². The molecule has 1 atom stereocenters. The predicted octanol–water partition coefficient (Wildman–Crippen LogP) is 5.50. The molecule has 0 saturated carbocycles. The van der Waals surface area contributed by atoms with Crippen molar-refractivity contribution in [1.29, 1.82) is 0 Å². The van der Waals surface area contributed by atoms with Gasteiger partial charge in [-0.15, -0.1) is 0 Å². The summed E-state index contributed by atoms with van der Waals surface area (Å²) in [6, 6.07) is 16.4. The molecule has 6 nitrogen and oxygen atoms in total. The molecule has 0 spiro atoms. The minimum atomic E-state index is 0.0870. The molecule has 2 heterocycles. The number of anilines is 1. The van der Waals surface area contributed by atoms with E-state index in [2.05, 4.69) is 59.5 Å². The molecule has 0 aliphatic carbocycles. The molecule has 2 aromatic carbocycles. The number of aryl methyl sites for hydroxylation is 2. The summed E-state index contributed by atoms with van der Waals surface area (Å²) in [5, 5.41) is 4.51. The molecule has 0 aliphatic rings. The van der Waals surface area contributed by atoms with Crippen LogP contribution in [0.25, 0.3) is 22.0 Å². The van der Waals surface area contributed by atoms with Gasteiger partial charge in [0.25, 0.3) is 0 Å². The number of nitrogens with one attached hydrogen (secondary N) is 1. The largest absolute Gasteiger partial charge is 0.496 e. The maximum atomic E-state index is 5.68. The fourth-order valence-electron chi connectivity index (χ4n) is 3.69. The van der Waals surface area contributed by atoms with Crippen molar-refractivity contribution >= 4 is 16.7 Å². The number of hydrogen-bond donors (Lipinski definition) is 1. The van der Waals surface area contributed by atoms with Crippen molar-refractivity contribution in [3.05, 3.63) is 71.7 Å². The van der Waals surface area contributed by atoms with Crippen LogP contribution in [0.5, 0.6) is 11.6 Å². The number of aromatic nitrogens is 3. The molecule has 31 heavy (non-hydrogen) atoms. The molecule has 0 saturated heterocycles. The van der Waals surface area contributed by atoms with E-state index in [4.69, 9.17) is 14.5 Å². The number of pyridine rings is 1. The van der Waals surface area contributed by atoms with Gasteiger partial charge in [-0.25, -0.2) is 15.0 Å². The maximum Gasteiger partial charge on any atom is 0.213 e. The van der Waals surface area contributed by atoms with Crippen LogP contribution in [0, 0.1) is 13.8 Å². The first-order valence-electron chi connectivity index (χ1n) is 10.2. The van der Waals surface area contributed by atoms with Gasteiger partial charge in [0.15, 0.2) is 0 Å². The maximum absolute atomic E-state index is 5.68. The topological polar surface area (TPSA) is 69.2 Å². The van der Waals surface area contributed by atoms with Gasteiger partial charge < -0.3 is 14.8 Å². The number of nitrogens with zero attached hydrogens (tertiary/aromatic N) is 3. The van der Waals surface area contributed by atoms with Crippen LogP contribution in [0.3, 0.4) is 0 Å².